The van der Waals surface area contributed by atoms with E-state index >= 15 is 0 Å². The molecule has 7 nitrogen and oxygen atoms in total. The molecule has 0 unspecified atom stereocenters. The summed E-state index contributed by atoms with van der Waals surface area (Å²) in [7, 11) is 1.55. The minimum atomic E-state index is -0.445. The highest BCUT2D eigenvalue weighted by atomic mass is 19.1. The molecule has 0 bridgehead atoms. The number of amides is 3. The summed E-state index contributed by atoms with van der Waals surface area (Å²) in [5, 5.41) is 8.94. The molecule has 0 fully saturated rings. The average molecular weight is 455 g/mol. The zero-order valence-corrected chi connectivity index (χ0v) is 19.5. The van der Waals surface area contributed by atoms with Gasteiger partial charge >= 0.3 is 6.03 Å². The zero-order chi connectivity index (χ0) is 24.0. The lowest BCUT2D eigenvalue weighted by molar-refractivity contribution is -0.133. The molecule has 1 N–H and O–H groups in total. The van der Waals surface area contributed by atoms with Gasteiger partial charge in [-0.1, -0.05) is 42.5 Å². The third-order valence-corrected chi connectivity index (χ3v) is 5.19. The molecule has 0 radical (unpaired) electrons. The molecule has 1 heterocycles. The fourth-order valence-corrected chi connectivity index (χ4v) is 3.58. The smallest absolute Gasteiger partial charge is 0.318 e. The fraction of sp³-hybridized carbons (Fsp3) is 0.400. The summed E-state index contributed by atoms with van der Waals surface area (Å²) in [6.45, 7) is 6.07. The van der Waals surface area contributed by atoms with Gasteiger partial charge in [0.1, 0.15) is 12.4 Å². The van der Waals surface area contributed by atoms with Crippen molar-refractivity contribution in [3.8, 4) is 0 Å². The van der Waals surface area contributed by atoms with E-state index < -0.39 is 5.54 Å². The monoisotopic (exact) mass is 454 g/mol. The molecule has 0 aliphatic carbocycles. The van der Waals surface area contributed by atoms with Crippen molar-refractivity contribution in [1.82, 2.24) is 15.2 Å². The van der Waals surface area contributed by atoms with Crippen molar-refractivity contribution in [3.63, 3.8) is 0 Å². The summed E-state index contributed by atoms with van der Waals surface area (Å²) in [5.74, 6) is -0.635. The molecule has 3 rings (SSSR count). The number of nitrogens with one attached hydrogen (secondary N) is 1. The highest BCUT2D eigenvalue weighted by Crippen LogP contribution is 2.32. The molecule has 176 valence electrons. The molecule has 3 amide bonds. The Morgan fingerprint density at radius 2 is 1.82 bits per heavy atom. The lowest BCUT2D eigenvalue weighted by Crippen LogP contribution is -2.52. The number of hydrazone groups is 1. The number of methoxy groups -OCH3 is 1. The predicted octanol–water partition coefficient (Wildman–Crippen LogP) is 3.96. The summed E-state index contributed by atoms with van der Waals surface area (Å²) in [6, 6.07) is 15.1. The minimum Gasteiger partial charge on any atom is -0.383 e. The van der Waals surface area contributed by atoms with Gasteiger partial charge in [0.25, 0.3) is 5.91 Å². The Morgan fingerprint density at radius 1 is 1.15 bits per heavy atom. The molecule has 2 aromatic rings. The third kappa shape index (κ3) is 6.61. The van der Waals surface area contributed by atoms with Gasteiger partial charge in [0, 0.05) is 25.6 Å². The number of nitrogens with zero attached hydrogens (tertiary/aromatic N) is 3. The van der Waals surface area contributed by atoms with Crippen LogP contribution in [0.1, 0.15) is 44.4 Å². The van der Waals surface area contributed by atoms with E-state index in [1.165, 1.54) is 22.0 Å². The fourth-order valence-electron chi connectivity index (χ4n) is 3.58. The van der Waals surface area contributed by atoms with Gasteiger partial charge < -0.3 is 15.0 Å². The van der Waals surface area contributed by atoms with E-state index in [1.807, 2.05) is 51.1 Å². The van der Waals surface area contributed by atoms with Crippen molar-refractivity contribution in [2.45, 2.75) is 38.8 Å². The van der Waals surface area contributed by atoms with Gasteiger partial charge in [-0.3, -0.25) is 4.79 Å². The summed E-state index contributed by atoms with van der Waals surface area (Å²) in [5.41, 5.74) is 1.95. The molecule has 0 spiro atoms. The standard InChI is InChI=1S/C25H31FN4O3/c1-25(2,3)27-24(32)29(14-15-33-4)17-23(31)30-22(19-8-6-5-7-9-19)16-21(28-30)18-10-12-20(26)13-11-18/h5-13,22H,14-17H2,1-4H3,(H,27,32)/t22-/m1/s1. The number of carbonyl (C=O) groups excluding carboxylic acids is 2. The zero-order valence-electron chi connectivity index (χ0n) is 19.5. The Balaban J connectivity index is 1.86. The summed E-state index contributed by atoms with van der Waals surface area (Å²) in [6.07, 6.45) is 0.494. The maximum Gasteiger partial charge on any atom is 0.318 e. The first-order valence-corrected chi connectivity index (χ1v) is 10.9. The summed E-state index contributed by atoms with van der Waals surface area (Å²) < 4.78 is 18.5. The van der Waals surface area contributed by atoms with Gasteiger partial charge in [-0.2, -0.15) is 5.10 Å². The number of hydrogen-bond donors (Lipinski definition) is 1. The maximum absolute atomic E-state index is 13.4. The van der Waals surface area contributed by atoms with Crippen LogP contribution in [0, 0.1) is 5.82 Å². The van der Waals surface area contributed by atoms with Gasteiger partial charge in [-0.25, -0.2) is 14.2 Å². The van der Waals surface area contributed by atoms with Crippen molar-refractivity contribution in [2.75, 3.05) is 26.8 Å². The Labute approximate surface area is 194 Å². The topological polar surface area (TPSA) is 74.2 Å². The van der Waals surface area contributed by atoms with Crippen LogP contribution in [0.5, 0.6) is 0 Å². The predicted molar refractivity (Wildman–Crippen MR) is 125 cm³/mol. The molecular formula is C25H31FN4O3. The molecule has 0 saturated heterocycles. The quantitative estimate of drug-likeness (QED) is 0.688. The highest BCUT2D eigenvalue weighted by molar-refractivity contribution is 6.03. The van der Waals surface area contributed by atoms with Gasteiger partial charge in [0.05, 0.1) is 18.4 Å². The Kier molecular flexibility index (Phi) is 7.81. The second-order valence-electron chi connectivity index (χ2n) is 9.02. The van der Waals surface area contributed by atoms with Crippen LogP contribution in [0.4, 0.5) is 9.18 Å². The SMILES string of the molecule is COCCN(CC(=O)N1N=C(c2ccc(F)cc2)C[C@@H]1c1ccccc1)C(=O)NC(C)(C)C. The van der Waals surface area contributed by atoms with Gasteiger partial charge in [0.2, 0.25) is 0 Å². The molecule has 33 heavy (non-hydrogen) atoms. The Hall–Kier alpha value is -3.26. The van der Waals surface area contributed by atoms with Crippen molar-refractivity contribution in [2.24, 2.45) is 5.10 Å². The number of carbonyl (C=O) groups is 2. The van der Waals surface area contributed by atoms with Crippen molar-refractivity contribution < 1.29 is 18.7 Å². The van der Waals surface area contributed by atoms with Crippen molar-refractivity contribution >= 4 is 17.6 Å². The first kappa shape index (κ1) is 24.4. The van der Waals surface area contributed by atoms with Crippen LogP contribution in [0.15, 0.2) is 59.7 Å². The normalized spacial score (nSPS) is 15.8. The summed E-state index contributed by atoms with van der Waals surface area (Å²) >= 11 is 0. The van der Waals surface area contributed by atoms with Crippen LogP contribution in [0.25, 0.3) is 0 Å². The molecular weight excluding hydrogens is 423 g/mol. The Bertz CT molecular complexity index is 987. The number of hydrogen-bond acceptors (Lipinski definition) is 4. The van der Waals surface area contributed by atoms with E-state index in [1.54, 1.807) is 19.2 Å². The van der Waals surface area contributed by atoms with E-state index in [-0.39, 0.29) is 36.9 Å². The number of halogens is 1. The van der Waals surface area contributed by atoms with E-state index in [4.69, 9.17) is 4.74 Å². The molecule has 0 aromatic heterocycles. The molecule has 1 atom stereocenters. The number of benzene rings is 2. The van der Waals surface area contributed by atoms with Crippen LogP contribution in [-0.4, -0.2) is 59.9 Å². The van der Waals surface area contributed by atoms with Gasteiger partial charge in [-0.15, -0.1) is 0 Å². The average Bonchev–Trinajstić information content (AvgIpc) is 3.22. The second kappa shape index (κ2) is 10.6. The second-order valence-corrected chi connectivity index (χ2v) is 9.02. The number of ether oxygens (including phenoxy) is 1. The van der Waals surface area contributed by atoms with Crippen molar-refractivity contribution in [1.29, 1.82) is 0 Å². The van der Waals surface area contributed by atoms with Gasteiger partial charge in [-0.05, 0) is 44.0 Å². The molecule has 8 heteroatoms. The number of urea groups is 1. The van der Waals surface area contributed by atoms with Crippen LogP contribution in [0.3, 0.4) is 0 Å². The van der Waals surface area contributed by atoms with E-state index in [0.29, 0.717) is 18.7 Å². The summed E-state index contributed by atoms with van der Waals surface area (Å²) in [4.78, 5) is 27.6. The Morgan fingerprint density at radius 3 is 2.42 bits per heavy atom. The lowest BCUT2D eigenvalue weighted by Gasteiger charge is -2.30. The first-order valence-electron chi connectivity index (χ1n) is 10.9. The van der Waals surface area contributed by atoms with Crippen LogP contribution < -0.4 is 5.32 Å². The van der Waals surface area contributed by atoms with Crippen molar-refractivity contribution in [3.05, 3.63) is 71.5 Å². The third-order valence-electron chi connectivity index (χ3n) is 5.19. The van der Waals surface area contributed by atoms with Gasteiger partial charge in [0.15, 0.2) is 0 Å². The maximum atomic E-state index is 13.4. The van der Waals surface area contributed by atoms with Crippen LogP contribution >= 0.6 is 0 Å². The van der Waals surface area contributed by atoms with E-state index in [0.717, 1.165) is 11.1 Å². The molecule has 1 aliphatic rings. The largest absolute Gasteiger partial charge is 0.383 e. The molecule has 1 aliphatic heterocycles. The van der Waals surface area contributed by atoms with Crippen LogP contribution in [0.2, 0.25) is 0 Å². The lowest BCUT2D eigenvalue weighted by atomic mass is 9.98. The minimum absolute atomic E-state index is 0.144. The first-order chi connectivity index (χ1) is 15.7. The molecule has 0 saturated carbocycles. The van der Waals surface area contributed by atoms with Crippen LogP contribution in [-0.2, 0) is 9.53 Å². The molecule has 2 aromatic carbocycles. The van der Waals surface area contributed by atoms with E-state index in [2.05, 4.69) is 10.4 Å². The number of rotatable bonds is 7. The van der Waals surface area contributed by atoms with E-state index in [9.17, 15) is 14.0 Å². The highest BCUT2D eigenvalue weighted by Gasteiger charge is 2.34.